The summed E-state index contributed by atoms with van der Waals surface area (Å²) in [6.45, 7) is 12.7. The summed E-state index contributed by atoms with van der Waals surface area (Å²) in [5, 5.41) is 9.43. The number of likely N-dealkylation sites (tertiary alicyclic amines) is 1. The topological polar surface area (TPSA) is 57.2 Å². The minimum Gasteiger partial charge on any atom is -0.441 e. The predicted octanol–water partition coefficient (Wildman–Crippen LogP) is 4.52. The number of oxazole rings is 1. The van der Waals surface area contributed by atoms with Crippen molar-refractivity contribution in [3.63, 3.8) is 0 Å². The Morgan fingerprint density at radius 1 is 1.28 bits per heavy atom. The van der Waals surface area contributed by atoms with Gasteiger partial charge in [0.25, 0.3) is 0 Å². The number of hydrogen-bond acceptors (Lipinski definition) is 7. The number of aryl methyl sites for hydroxylation is 1. The third-order valence-electron chi connectivity index (χ3n) is 6.88. The van der Waals surface area contributed by atoms with E-state index in [1.807, 2.05) is 19.1 Å². The van der Waals surface area contributed by atoms with Crippen molar-refractivity contribution in [1.82, 2.24) is 9.88 Å². The van der Waals surface area contributed by atoms with Crippen LogP contribution in [0.4, 0.5) is 10.1 Å². The zero-order chi connectivity index (χ0) is 22.3. The third-order valence-corrected chi connectivity index (χ3v) is 7.98. The smallest absolute Gasteiger partial charge is 0.181 e. The van der Waals surface area contributed by atoms with E-state index in [1.165, 1.54) is 12.8 Å². The van der Waals surface area contributed by atoms with Gasteiger partial charge in [0.05, 0.1) is 5.69 Å². The Kier molecular flexibility index (Phi) is 5.67. The van der Waals surface area contributed by atoms with Gasteiger partial charge in [-0.25, -0.2) is 9.37 Å². The Morgan fingerprint density at radius 2 is 2.09 bits per heavy atom. The molecule has 32 heavy (non-hydrogen) atoms. The van der Waals surface area contributed by atoms with Crippen LogP contribution in [0.5, 0.6) is 0 Å². The van der Waals surface area contributed by atoms with E-state index in [-0.39, 0.29) is 5.82 Å². The molecule has 2 aromatic rings. The summed E-state index contributed by atoms with van der Waals surface area (Å²) in [5.41, 5.74) is 3.72. The second-order valence-corrected chi connectivity index (χ2v) is 10.2. The number of aromatic nitrogens is 1. The number of thioether (sulfide) groups is 1. The summed E-state index contributed by atoms with van der Waals surface area (Å²) < 4.78 is 18.8. The largest absolute Gasteiger partial charge is 0.441 e. The van der Waals surface area contributed by atoms with Crippen LogP contribution in [-0.2, 0) is 0 Å². The maximum Gasteiger partial charge on any atom is 0.181 e. The first-order valence-corrected chi connectivity index (χ1v) is 12.1. The first-order valence-electron chi connectivity index (χ1n) is 11.1. The van der Waals surface area contributed by atoms with E-state index in [1.54, 1.807) is 23.9 Å². The molecule has 1 aromatic carbocycles. The number of halogens is 1. The first-order chi connectivity index (χ1) is 15.4. The first kappa shape index (κ1) is 21.4. The Hall–Kier alpha value is -2.45. The average Bonchev–Trinajstić information content (AvgIpc) is 3.50. The summed E-state index contributed by atoms with van der Waals surface area (Å²) in [5.74, 6) is 1.44. The van der Waals surface area contributed by atoms with E-state index in [9.17, 15) is 4.39 Å². The van der Waals surface area contributed by atoms with Crippen LogP contribution in [0.3, 0.4) is 0 Å². The normalized spacial score (nSPS) is 25.4. The molecule has 2 saturated heterocycles. The molecule has 0 aliphatic carbocycles. The summed E-state index contributed by atoms with van der Waals surface area (Å²) in [6.07, 6.45) is 3.68. The molecule has 0 spiro atoms. The van der Waals surface area contributed by atoms with E-state index in [0.29, 0.717) is 22.9 Å². The van der Waals surface area contributed by atoms with Crippen molar-refractivity contribution in [2.24, 2.45) is 15.6 Å². The van der Waals surface area contributed by atoms with Gasteiger partial charge in [0.15, 0.2) is 12.2 Å². The number of nitrogens with zero attached hydrogens (tertiary/aromatic N) is 5. The van der Waals surface area contributed by atoms with E-state index < -0.39 is 0 Å². The van der Waals surface area contributed by atoms with E-state index in [4.69, 9.17) is 4.42 Å². The fourth-order valence-electron chi connectivity index (χ4n) is 5.11. The summed E-state index contributed by atoms with van der Waals surface area (Å²) in [4.78, 5) is 9.17. The van der Waals surface area contributed by atoms with Gasteiger partial charge < -0.3 is 14.2 Å². The standard InChI is InChI=1S/C24H28FN5OS/c1-16-21(22-17(2)26-15-31-22)27-28-23(16)32-12-4-10-29-13-20-24(3,14-29)9-11-30(20)19-7-5-18(25)6-8-19/h5-8,15,20H,1,4,9-14H2,2-3H3/t20-,24+/m1/s1. The summed E-state index contributed by atoms with van der Waals surface area (Å²) in [6, 6.07) is 7.43. The van der Waals surface area contributed by atoms with Crippen molar-refractivity contribution in [3.05, 3.63) is 60.1 Å². The quantitative estimate of drug-likeness (QED) is 0.602. The molecular formula is C24H28FN5OS. The fraction of sp³-hybridized carbons (Fsp3) is 0.458. The molecular weight excluding hydrogens is 425 g/mol. The van der Waals surface area contributed by atoms with E-state index >= 15 is 0 Å². The van der Waals surface area contributed by atoms with Crippen molar-refractivity contribution in [2.75, 3.05) is 36.8 Å². The van der Waals surface area contributed by atoms with Gasteiger partial charge in [-0.1, -0.05) is 13.5 Å². The lowest BCUT2D eigenvalue weighted by Crippen LogP contribution is -2.37. The Labute approximate surface area is 192 Å². The van der Waals surface area contributed by atoms with Crippen molar-refractivity contribution < 1.29 is 8.81 Å². The second kappa shape index (κ2) is 8.48. The van der Waals surface area contributed by atoms with Crippen molar-refractivity contribution in [2.45, 2.75) is 32.7 Å². The molecule has 0 N–H and O–H groups in total. The molecule has 168 valence electrons. The number of hydrogen-bond donors (Lipinski definition) is 0. The number of benzene rings is 1. The highest BCUT2D eigenvalue weighted by Gasteiger charge is 2.49. The average molecular weight is 454 g/mol. The molecule has 2 atom stereocenters. The molecule has 0 saturated carbocycles. The lowest BCUT2D eigenvalue weighted by Gasteiger charge is -2.29. The van der Waals surface area contributed by atoms with Crippen LogP contribution in [0.15, 0.2) is 57.4 Å². The van der Waals surface area contributed by atoms with Crippen LogP contribution < -0.4 is 4.90 Å². The molecule has 0 amide bonds. The second-order valence-electron chi connectivity index (χ2n) is 9.13. The molecule has 0 radical (unpaired) electrons. The summed E-state index contributed by atoms with van der Waals surface area (Å²) >= 11 is 1.70. The molecule has 6 nitrogen and oxygen atoms in total. The number of anilines is 1. The summed E-state index contributed by atoms with van der Waals surface area (Å²) in [7, 11) is 0. The van der Waals surface area contributed by atoms with Crippen molar-refractivity contribution in [1.29, 1.82) is 0 Å². The molecule has 3 aliphatic rings. The van der Waals surface area contributed by atoms with Gasteiger partial charge in [-0.05, 0) is 50.6 Å². The van der Waals surface area contributed by atoms with E-state index in [2.05, 4.69) is 38.5 Å². The Bertz CT molecular complexity index is 1080. The van der Waals surface area contributed by atoms with Crippen molar-refractivity contribution in [3.8, 4) is 0 Å². The monoisotopic (exact) mass is 453 g/mol. The van der Waals surface area contributed by atoms with Gasteiger partial charge in [0, 0.05) is 48.1 Å². The SMILES string of the molecule is C=C1C(SCCCN2C[C@H]3N(c4ccc(F)cc4)CC[C@@]3(C)C2)=NN=C1c1ocnc1C. The fourth-order valence-corrected chi connectivity index (χ4v) is 5.95. The molecule has 2 fully saturated rings. The molecule has 0 bridgehead atoms. The maximum atomic E-state index is 13.3. The van der Waals surface area contributed by atoms with Gasteiger partial charge in [0.1, 0.15) is 16.6 Å². The van der Waals surface area contributed by atoms with Crippen LogP contribution in [-0.4, -0.2) is 58.6 Å². The van der Waals surface area contributed by atoms with Crippen LogP contribution in [0.1, 0.15) is 31.2 Å². The lowest BCUT2D eigenvalue weighted by molar-refractivity contribution is 0.276. The Morgan fingerprint density at radius 3 is 2.84 bits per heavy atom. The zero-order valence-corrected chi connectivity index (χ0v) is 19.4. The maximum absolute atomic E-state index is 13.3. The highest BCUT2D eigenvalue weighted by molar-refractivity contribution is 8.14. The predicted molar refractivity (Wildman–Crippen MR) is 128 cm³/mol. The highest BCUT2D eigenvalue weighted by Crippen LogP contribution is 2.44. The minimum absolute atomic E-state index is 0.177. The molecule has 1 aromatic heterocycles. The van der Waals surface area contributed by atoms with Crippen LogP contribution >= 0.6 is 11.8 Å². The van der Waals surface area contributed by atoms with Gasteiger partial charge in [0.2, 0.25) is 0 Å². The molecule has 0 unspecified atom stereocenters. The van der Waals surface area contributed by atoms with Crippen LogP contribution in [0, 0.1) is 18.2 Å². The van der Waals surface area contributed by atoms with E-state index in [0.717, 1.165) is 60.4 Å². The van der Waals surface area contributed by atoms with Crippen LogP contribution in [0.2, 0.25) is 0 Å². The van der Waals surface area contributed by atoms with Crippen molar-refractivity contribution >= 4 is 28.2 Å². The van der Waals surface area contributed by atoms with Gasteiger partial charge >= 0.3 is 0 Å². The van der Waals surface area contributed by atoms with Crippen LogP contribution in [0.25, 0.3) is 0 Å². The van der Waals surface area contributed by atoms with Gasteiger partial charge in [-0.3, -0.25) is 0 Å². The minimum atomic E-state index is -0.177. The molecule has 4 heterocycles. The van der Waals surface area contributed by atoms with Gasteiger partial charge in [-0.15, -0.1) is 22.0 Å². The molecule has 3 aliphatic heterocycles. The van der Waals surface area contributed by atoms with Gasteiger partial charge in [-0.2, -0.15) is 0 Å². The molecule has 8 heteroatoms. The third kappa shape index (κ3) is 3.90. The lowest BCUT2D eigenvalue weighted by atomic mass is 9.85. The number of rotatable bonds is 6. The Balaban J connectivity index is 1.11. The molecule has 5 rings (SSSR count). The highest BCUT2D eigenvalue weighted by atomic mass is 32.2. The zero-order valence-electron chi connectivity index (χ0n) is 18.6. The number of fused-ring (bicyclic) bond motifs is 1.